The third kappa shape index (κ3) is 7.30. The molecule has 0 rings (SSSR count). The molecule has 4 heteroatoms. The van der Waals surface area contributed by atoms with Crippen LogP contribution < -0.4 is 0 Å². The number of ether oxygens (including phenoxy) is 1. The van der Waals surface area contributed by atoms with Gasteiger partial charge in [-0.05, 0) is 25.2 Å². The standard InChI is InChI=1S/C17H31NO3/c1-7-10-18(9-3)17(20)15(6)12-21-16(19)11-14(5)13(4)8-2/h13-14H,6-12H2,1-5H3/t13?,14-/m1/s1. The Hall–Kier alpha value is -1.32. The van der Waals surface area contributed by atoms with Crippen molar-refractivity contribution < 1.29 is 14.3 Å². The molecule has 0 aromatic heterocycles. The smallest absolute Gasteiger partial charge is 0.306 e. The first-order valence-corrected chi connectivity index (χ1v) is 7.99. The summed E-state index contributed by atoms with van der Waals surface area (Å²) < 4.78 is 5.18. The van der Waals surface area contributed by atoms with Crippen LogP contribution in [0.3, 0.4) is 0 Å². The Bertz CT molecular complexity index is 352. The topological polar surface area (TPSA) is 46.6 Å². The van der Waals surface area contributed by atoms with E-state index in [1.807, 2.05) is 13.8 Å². The summed E-state index contributed by atoms with van der Waals surface area (Å²) in [5.41, 5.74) is 0.342. The molecule has 0 heterocycles. The van der Waals surface area contributed by atoms with Gasteiger partial charge in [-0.3, -0.25) is 9.59 Å². The van der Waals surface area contributed by atoms with Crippen LogP contribution >= 0.6 is 0 Å². The second-order valence-corrected chi connectivity index (χ2v) is 5.72. The molecule has 0 aromatic carbocycles. The maximum atomic E-state index is 12.1. The van der Waals surface area contributed by atoms with Gasteiger partial charge in [0.05, 0.1) is 0 Å². The molecule has 1 unspecified atom stereocenters. The fourth-order valence-corrected chi connectivity index (χ4v) is 2.05. The Labute approximate surface area is 129 Å². The SMILES string of the molecule is C=C(COC(=O)C[C@@H](C)C(C)CC)C(=O)N(CC)CCC. The zero-order valence-electron chi connectivity index (χ0n) is 14.3. The zero-order valence-corrected chi connectivity index (χ0v) is 14.3. The van der Waals surface area contributed by atoms with E-state index in [2.05, 4.69) is 27.4 Å². The van der Waals surface area contributed by atoms with Gasteiger partial charge < -0.3 is 9.64 Å². The Kier molecular flexibility index (Phi) is 9.76. The van der Waals surface area contributed by atoms with Gasteiger partial charge in [0.25, 0.3) is 5.91 Å². The summed E-state index contributed by atoms with van der Waals surface area (Å²) in [4.78, 5) is 25.6. The average Bonchev–Trinajstić information content (AvgIpc) is 2.48. The normalized spacial score (nSPS) is 13.4. The van der Waals surface area contributed by atoms with Crippen molar-refractivity contribution in [3.63, 3.8) is 0 Å². The fraction of sp³-hybridized carbons (Fsp3) is 0.765. The largest absolute Gasteiger partial charge is 0.461 e. The summed E-state index contributed by atoms with van der Waals surface area (Å²) in [6.45, 7) is 15.3. The number of likely N-dealkylation sites (N-methyl/N-ethyl adjacent to an activating group) is 1. The molecule has 0 saturated carbocycles. The average molecular weight is 297 g/mol. The molecule has 0 aliphatic carbocycles. The van der Waals surface area contributed by atoms with Crippen LogP contribution in [0.5, 0.6) is 0 Å². The molecule has 2 atom stereocenters. The van der Waals surface area contributed by atoms with Crippen molar-refractivity contribution in [2.45, 2.75) is 53.9 Å². The second kappa shape index (κ2) is 10.4. The lowest BCUT2D eigenvalue weighted by Gasteiger charge is -2.21. The molecule has 0 N–H and O–H groups in total. The third-order valence-corrected chi connectivity index (χ3v) is 3.98. The van der Waals surface area contributed by atoms with Gasteiger partial charge in [-0.25, -0.2) is 0 Å². The van der Waals surface area contributed by atoms with Crippen LogP contribution in [-0.4, -0.2) is 36.5 Å². The zero-order chi connectivity index (χ0) is 16.4. The summed E-state index contributed by atoms with van der Waals surface area (Å²) in [5, 5.41) is 0. The first kappa shape index (κ1) is 19.7. The Morgan fingerprint density at radius 3 is 2.24 bits per heavy atom. The van der Waals surface area contributed by atoms with Crippen LogP contribution in [0, 0.1) is 11.8 Å². The Morgan fingerprint density at radius 2 is 1.76 bits per heavy atom. The van der Waals surface area contributed by atoms with Crippen molar-refractivity contribution in [3.8, 4) is 0 Å². The van der Waals surface area contributed by atoms with Gasteiger partial charge in [-0.15, -0.1) is 0 Å². The van der Waals surface area contributed by atoms with Crippen molar-refractivity contribution >= 4 is 11.9 Å². The highest BCUT2D eigenvalue weighted by atomic mass is 16.5. The molecular weight excluding hydrogens is 266 g/mol. The lowest BCUT2D eigenvalue weighted by molar-refractivity contribution is -0.144. The highest BCUT2D eigenvalue weighted by Crippen LogP contribution is 2.18. The number of nitrogens with zero attached hydrogens (tertiary/aromatic N) is 1. The number of esters is 1. The van der Waals surface area contributed by atoms with Crippen LogP contribution in [-0.2, 0) is 14.3 Å². The number of hydrogen-bond donors (Lipinski definition) is 0. The number of amides is 1. The van der Waals surface area contributed by atoms with Crippen molar-refractivity contribution in [2.75, 3.05) is 19.7 Å². The molecule has 0 aliphatic heterocycles. The van der Waals surface area contributed by atoms with E-state index in [1.54, 1.807) is 4.90 Å². The summed E-state index contributed by atoms with van der Waals surface area (Å²) in [5.74, 6) is 0.402. The van der Waals surface area contributed by atoms with Crippen molar-refractivity contribution in [2.24, 2.45) is 11.8 Å². The molecule has 122 valence electrons. The minimum atomic E-state index is -0.254. The first-order valence-electron chi connectivity index (χ1n) is 7.99. The third-order valence-electron chi connectivity index (χ3n) is 3.98. The van der Waals surface area contributed by atoms with E-state index in [-0.39, 0.29) is 18.5 Å². The minimum absolute atomic E-state index is 0.00882. The summed E-state index contributed by atoms with van der Waals surface area (Å²) in [6.07, 6.45) is 2.34. The van der Waals surface area contributed by atoms with Gasteiger partial charge in [0.1, 0.15) is 6.61 Å². The van der Waals surface area contributed by atoms with Crippen molar-refractivity contribution in [3.05, 3.63) is 12.2 Å². The van der Waals surface area contributed by atoms with Crippen molar-refractivity contribution in [1.82, 2.24) is 4.90 Å². The van der Waals surface area contributed by atoms with Gasteiger partial charge >= 0.3 is 5.97 Å². The van der Waals surface area contributed by atoms with Crippen LogP contribution in [0.25, 0.3) is 0 Å². The van der Waals surface area contributed by atoms with Crippen LogP contribution in [0.2, 0.25) is 0 Å². The van der Waals surface area contributed by atoms with Crippen molar-refractivity contribution in [1.29, 1.82) is 0 Å². The van der Waals surface area contributed by atoms with Gasteiger partial charge in [0.2, 0.25) is 0 Å². The number of carbonyl (C=O) groups is 2. The van der Waals surface area contributed by atoms with Gasteiger partial charge in [0, 0.05) is 25.1 Å². The number of hydrogen-bond acceptors (Lipinski definition) is 3. The number of rotatable bonds is 10. The predicted octanol–water partition coefficient (Wildman–Crippen LogP) is 3.42. The highest BCUT2D eigenvalue weighted by Gasteiger charge is 2.18. The van der Waals surface area contributed by atoms with Gasteiger partial charge in [-0.1, -0.05) is 40.7 Å². The molecule has 0 radical (unpaired) electrons. The maximum Gasteiger partial charge on any atom is 0.306 e. The summed E-state index contributed by atoms with van der Waals surface area (Å²) in [6, 6.07) is 0. The monoisotopic (exact) mass is 297 g/mol. The van der Waals surface area contributed by atoms with Gasteiger partial charge in [0.15, 0.2) is 0 Å². The molecule has 0 aromatic rings. The molecular formula is C17H31NO3. The van der Waals surface area contributed by atoms with E-state index in [0.717, 1.165) is 12.8 Å². The van der Waals surface area contributed by atoms with E-state index >= 15 is 0 Å². The molecule has 0 spiro atoms. The fourth-order valence-electron chi connectivity index (χ4n) is 2.05. The molecule has 0 aliphatic rings. The van der Waals surface area contributed by atoms with Gasteiger partial charge in [-0.2, -0.15) is 0 Å². The summed E-state index contributed by atoms with van der Waals surface area (Å²) in [7, 11) is 0. The van der Waals surface area contributed by atoms with E-state index in [9.17, 15) is 9.59 Å². The lowest BCUT2D eigenvalue weighted by Crippen LogP contribution is -2.33. The molecule has 21 heavy (non-hydrogen) atoms. The highest BCUT2D eigenvalue weighted by molar-refractivity contribution is 5.93. The van der Waals surface area contributed by atoms with E-state index < -0.39 is 0 Å². The second-order valence-electron chi connectivity index (χ2n) is 5.72. The van der Waals surface area contributed by atoms with E-state index in [0.29, 0.717) is 36.9 Å². The van der Waals surface area contributed by atoms with Crippen LogP contribution in [0.15, 0.2) is 12.2 Å². The first-order chi connectivity index (χ1) is 9.87. The Morgan fingerprint density at radius 1 is 1.14 bits per heavy atom. The lowest BCUT2D eigenvalue weighted by atomic mass is 9.91. The Balaban J connectivity index is 4.23. The molecule has 0 saturated heterocycles. The number of carbonyl (C=O) groups excluding carboxylic acids is 2. The molecule has 1 amide bonds. The minimum Gasteiger partial charge on any atom is -0.461 e. The maximum absolute atomic E-state index is 12.1. The van der Waals surface area contributed by atoms with Crippen LogP contribution in [0.4, 0.5) is 0 Å². The quantitative estimate of drug-likeness (QED) is 0.458. The molecule has 0 fully saturated rings. The van der Waals surface area contributed by atoms with Crippen LogP contribution in [0.1, 0.15) is 53.9 Å². The van der Waals surface area contributed by atoms with E-state index in [1.165, 1.54) is 0 Å². The molecule has 0 bridgehead atoms. The molecule has 4 nitrogen and oxygen atoms in total. The predicted molar refractivity (Wildman–Crippen MR) is 85.9 cm³/mol. The van der Waals surface area contributed by atoms with E-state index in [4.69, 9.17) is 4.74 Å². The summed E-state index contributed by atoms with van der Waals surface area (Å²) >= 11 is 0.